The van der Waals surface area contributed by atoms with E-state index < -0.39 is 23.9 Å². The van der Waals surface area contributed by atoms with Gasteiger partial charge in [-0.05, 0) is 0 Å². The smallest absolute Gasteiger partial charge is 0.300 e. The van der Waals surface area contributed by atoms with Crippen LogP contribution >= 0.6 is 0 Å². The quantitative estimate of drug-likeness (QED) is 0.325. The Hall–Kier alpha value is -2.24. The van der Waals surface area contributed by atoms with E-state index >= 15 is 0 Å². The molecule has 0 heterocycles. The normalized spacial score (nSPS) is 6.19. The van der Waals surface area contributed by atoms with Gasteiger partial charge < -0.3 is 37.4 Å². The summed E-state index contributed by atoms with van der Waals surface area (Å²) in [4.78, 5) is 36.0. The number of nitrogens with two attached hydrogens (primary N) is 2. The number of hydrogen-bond donors (Lipinski definition) is 6. The van der Waals surface area contributed by atoms with Crippen molar-refractivity contribution < 1.29 is 45.1 Å². The topological polar surface area (TPSA) is 233 Å². The summed E-state index contributed by atoms with van der Waals surface area (Å²) in [6.45, 7) is 5.53. The zero-order valence-electron chi connectivity index (χ0n) is 12.5. The number of carbonyl (C=O) groups is 4. The molecule has 130 valence electrons. The fourth-order valence-corrected chi connectivity index (χ4v) is 0. The lowest BCUT2D eigenvalue weighted by atomic mass is 10.7. The Kier molecular flexibility index (Phi) is 62.4. The second-order valence-corrected chi connectivity index (χ2v) is 2.65. The van der Waals surface area contributed by atoms with Gasteiger partial charge in [-0.3, -0.25) is 19.2 Å². The Morgan fingerprint density at radius 1 is 0.619 bits per heavy atom. The van der Waals surface area contributed by atoms with Gasteiger partial charge in [0, 0.05) is 40.8 Å². The third-order valence-electron chi connectivity index (χ3n) is 0.167. The van der Waals surface area contributed by atoms with Crippen molar-refractivity contribution >= 4 is 23.9 Å². The second kappa shape index (κ2) is 36.1. The van der Waals surface area contributed by atoms with Crippen molar-refractivity contribution in [1.29, 1.82) is 0 Å². The molecule has 0 rings (SSSR count). The van der Waals surface area contributed by atoms with Crippen LogP contribution in [0.2, 0.25) is 0 Å². The molecule has 10 N–H and O–H groups in total. The van der Waals surface area contributed by atoms with Crippen LogP contribution in [0.15, 0.2) is 0 Å². The molecule has 0 atom stereocenters. The van der Waals surface area contributed by atoms with E-state index in [9.17, 15) is 0 Å². The van der Waals surface area contributed by atoms with Crippen LogP contribution in [-0.4, -0.2) is 62.9 Å². The summed E-state index contributed by atoms with van der Waals surface area (Å²) in [6, 6.07) is 0. The van der Waals surface area contributed by atoms with Gasteiger partial charge in [0.1, 0.15) is 0 Å². The van der Waals surface area contributed by atoms with E-state index in [1.165, 1.54) is 0 Å². The first kappa shape index (κ1) is 36.3. The summed E-state index contributed by atoms with van der Waals surface area (Å²) in [6.07, 6.45) is 0. The molecule has 11 nitrogen and oxygen atoms in total. The zero-order valence-corrected chi connectivity index (χ0v) is 12.5. The van der Waals surface area contributed by atoms with Crippen molar-refractivity contribution in [2.45, 2.75) is 27.7 Å². The summed E-state index contributed by atoms with van der Waals surface area (Å²) in [5, 5.41) is 29.7. The Labute approximate surface area is 122 Å². The molecule has 0 aliphatic carbocycles. The Bertz CT molecular complexity index is 191. The largest absolute Gasteiger partial charge is 0.481 e. The first-order chi connectivity index (χ1) is 8.84. The van der Waals surface area contributed by atoms with Gasteiger partial charge >= 0.3 is 0 Å². The SMILES string of the molecule is CC(=O)O.CC(=O)O.CC(=O)O.CC(=O)O.NCCN.O. The highest BCUT2D eigenvalue weighted by Gasteiger charge is 1.66. The van der Waals surface area contributed by atoms with Gasteiger partial charge in [-0.25, -0.2) is 0 Å². The molecule has 0 unspecified atom stereocenters. The van der Waals surface area contributed by atoms with Crippen LogP contribution in [0.1, 0.15) is 27.7 Å². The van der Waals surface area contributed by atoms with Gasteiger partial charge in [0.25, 0.3) is 23.9 Å². The van der Waals surface area contributed by atoms with E-state index in [2.05, 4.69) is 0 Å². The Morgan fingerprint density at radius 2 is 0.667 bits per heavy atom. The van der Waals surface area contributed by atoms with Crippen LogP contribution in [0.4, 0.5) is 0 Å². The van der Waals surface area contributed by atoms with Crippen molar-refractivity contribution in [1.82, 2.24) is 0 Å². The molecule has 11 heteroatoms. The average molecular weight is 318 g/mol. The van der Waals surface area contributed by atoms with E-state index in [1.807, 2.05) is 0 Å². The van der Waals surface area contributed by atoms with Crippen LogP contribution < -0.4 is 11.5 Å². The molecule has 0 aromatic carbocycles. The molecular formula is C10H26N2O9. The van der Waals surface area contributed by atoms with Crippen LogP contribution in [0.25, 0.3) is 0 Å². The molecule has 0 aromatic rings. The van der Waals surface area contributed by atoms with E-state index in [0.29, 0.717) is 13.1 Å². The summed E-state index contributed by atoms with van der Waals surface area (Å²) >= 11 is 0. The van der Waals surface area contributed by atoms with Crippen molar-refractivity contribution in [2.24, 2.45) is 11.5 Å². The number of hydrogen-bond acceptors (Lipinski definition) is 6. The molecule has 0 bridgehead atoms. The van der Waals surface area contributed by atoms with Gasteiger partial charge in [-0.15, -0.1) is 0 Å². The van der Waals surface area contributed by atoms with Gasteiger partial charge in [0.2, 0.25) is 0 Å². The maximum atomic E-state index is 9.00. The molecular weight excluding hydrogens is 292 g/mol. The minimum absolute atomic E-state index is 0. The standard InChI is InChI=1S/C2H8N2.4C2H4O2.H2O/c3-1-2-4;4*1-2(3)4;/h1-4H2;4*1H3,(H,3,4);1H2. The van der Waals surface area contributed by atoms with Crippen LogP contribution in [0.3, 0.4) is 0 Å². The number of carboxylic acid groups (broad SMARTS) is 4. The molecule has 21 heavy (non-hydrogen) atoms. The maximum Gasteiger partial charge on any atom is 0.300 e. The van der Waals surface area contributed by atoms with E-state index in [1.54, 1.807) is 0 Å². The molecule has 0 aliphatic rings. The van der Waals surface area contributed by atoms with Crippen molar-refractivity contribution in [3.05, 3.63) is 0 Å². The average Bonchev–Trinajstić information content (AvgIpc) is 2.13. The predicted octanol–water partition coefficient (Wildman–Crippen LogP) is -1.56. The zero-order chi connectivity index (χ0) is 17.7. The fraction of sp³-hybridized carbons (Fsp3) is 0.600. The second-order valence-electron chi connectivity index (χ2n) is 2.65. The third kappa shape index (κ3) is 2870. The van der Waals surface area contributed by atoms with Gasteiger partial charge in [0.05, 0.1) is 0 Å². The van der Waals surface area contributed by atoms with Gasteiger partial charge in [-0.1, -0.05) is 0 Å². The number of aliphatic carboxylic acids is 4. The van der Waals surface area contributed by atoms with E-state index in [-0.39, 0.29) is 5.48 Å². The lowest BCUT2D eigenvalue weighted by molar-refractivity contribution is -0.135. The predicted molar refractivity (Wildman–Crippen MR) is 75.0 cm³/mol. The highest BCUT2D eigenvalue weighted by Crippen LogP contribution is 1.43. The molecule has 0 aliphatic heterocycles. The lowest BCUT2D eigenvalue weighted by Crippen LogP contribution is -2.11. The van der Waals surface area contributed by atoms with Gasteiger partial charge in [-0.2, -0.15) is 0 Å². The molecule has 0 fully saturated rings. The van der Waals surface area contributed by atoms with Crippen LogP contribution in [0.5, 0.6) is 0 Å². The summed E-state index contributed by atoms with van der Waals surface area (Å²) in [5.41, 5.74) is 9.81. The summed E-state index contributed by atoms with van der Waals surface area (Å²) < 4.78 is 0. The molecule has 0 saturated carbocycles. The van der Waals surface area contributed by atoms with Gasteiger partial charge in [0.15, 0.2) is 0 Å². The summed E-state index contributed by atoms with van der Waals surface area (Å²) in [7, 11) is 0. The van der Waals surface area contributed by atoms with Crippen LogP contribution in [-0.2, 0) is 19.2 Å². The van der Waals surface area contributed by atoms with E-state index in [0.717, 1.165) is 27.7 Å². The first-order valence-electron chi connectivity index (χ1n) is 5.03. The minimum atomic E-state index is -0.833. The fourth-order valence-electron chi connectivity index (χ4n) is 0. The molecule has 0 saturated heterocycles. The van der Waals surface area contributed by atoms with Crippen LogP contribution in [0, 0.1) is 0 Å². The van der Waals surface area contributed by atoms with Crippen molar-refractivity contribution in [3.63, 3.8) is 0 Å². The highest BCUT2D eigenvalue weighted by atomic mass is 16.4. The monoisotopic (exact) mass is 318 g/mol. The highest BCUT2D eigenvalue weighted by molar-refractivity contribution is 5.63. The summed E-state index contributed by atoms with van der Waals surface area (Å²) in [5.74, 6) is -3.33. The molecule has 0 spiro atoms. The van der Waals surface area contributed by atoms with E-state index in [4.69, 9.17) is 51.1 Å². The number of rotatable bonds is 1. The Morgan fingerprint density at radius 3 is 0.667 bits per heavy atom. The minimum Gasteiger partial charge on any atom is -0.481 e. The van der Waals surface area contributed by atoms with Crippen molar-refractivity contribution in [2.75, 3.05) is 13.1 Å². The van der Waals surface area contributed by atoms with Crippen molar-refractivity contribution in [3.8, 4) is 0 Å². The molecule has 0 aromatic heterocycles. The Balaban J connectivity index is -0.0000000331. The third-order valence-corrected chi connectivity index (χ3v) is 0.167. The lowest BCUT2D eigenvalue weighted by Gasteiger charge is -1.72. The molecule has 0 radical (unpaired) electrons. The number of carboxylic acids is 4. The molecule has 0 amide bonds. The maximum absolute atomic E-state index is 9.00. The first-order valence-corrected chi connectivity index (χ1v) is 5.03.